The number of hydrogen-bond acceptors (Lipinski definition) is 9. The molecule has 0 bridgehead atoms. The predicted octanol–water partition coefficient (Wildman–Crippen LogP) is 3.11. The fraction of sp³-hybridized carbons (Fsp3) is 0.379. The molecule has 3 aromatic heterocycles. The lowest BCUT2D eigenvalue weighted by molar-refractivity contribution is 0.0848. The molecule has 10 nitrogen and oxygen atoms in total. The molecule has 0 amide bonds. The van der Waals surface area contributed by atoms with E-state index in [1.165, 1.54) is 18.4 Å². The van der Waals surface area contributed by atoms with Gasteiger partial charge in [-0.3, -0.25) is 14.3 Å². The molecule has 0 unspecified atom stereocenters. The van der Waals surface area contributed by atoms with Crippen LogP contribution < -0.4 is 9.80 Å². The standard InChI is InChI=1S/C29H32FN7O3S/c1-41(39,40)24-7-10-36(11-8-24)29-32-18-22(19-33-29)25-17-23(30)4-5-26(25)35-15-13-34(14-16-35)20-27(38)37-12-6-21-3-2-9-31-28(21)37/h2-6,9,12,17-19,24H,7-8,10-11,13-16,20H2,1H3. The number of anilines is 2. The Kier molecular flexibility index (Phi) is 7.43. The molecule has 0 saturated carbocycles. The van der Waals surface area contributed by atoms with Gasteiger partial charge in [-0.15, -0.1) is 0 Å². The number of fused-ring (bicyclic) bond motifs is 1. The summed E-state index contributed by atoms with van der Waals surface area (Å²) in [5.41, 5.74) is 2.97. The van der Waals surface area contributed by atoms with Crippen molar-refractivity contribution in [2.75, 3.05) is 61.9 Å². The van der Waals surface area contributed by atoms with Gasteiger partial charge in [0.25, 0.3) is 0 Å². The maximum atomic E-state index is 14.4. The number of rotatable bonds is 6. The molecule has 12 heteroatoms. The first-order chi connectivity index (χ1) is 19.8. The van der Waals surface area contributed by atoms with Gasteiger partial charge in [0.05, 0.1) is 11.8 Å². The summed E-state index contributed by atoms with van der Waals surface area (Å²) in [5.74, 6) is 0.183. The molecule has 0 spiro atoms. The third-order valence-electron chi connectivity index (χ3n) is 8.03. The number of benzene rings is 1. The minimum atomic E-state index is -3.05. The zero-order valence-corrected chi connectivity index (χ0v) is 23.7. The smallest absolute Gasteiger partial charge is 0.246 e. The van der Waals surface area contributed by atoms with Gasteiger partial charge in [0.15, 0.2) is 0 Å². The van der Waals surface area contributed by atoms with Gasteiger partial charge in [0, 0.05) is 92.5 Å². The molecular formula is C29H32FN7O3S. The SMILES string of the molecule is CS(=O)(=O)C1CCN(c2ncc(-c3cc(F)ccc3N3CCN(CC(=O)n4ccc5cccnc54)CC3)cn2)CC1. The molecular weight excluding hydrogens is 545 g/mol. The fourth-order valence-corrected chi connectivity index (χ4v) is 6.77. The van der Waals surface area contributed by atoms with Crippen LogP contribution in [-0.2, 0) is 9.84 Å². The van der Waals surface area contributed by atoms with Gasteiger partial charge in [-0.25, -0.2) is 27.8 Å². The molecule has 41 heavy (non-hydrogen) atoms. The molecule has 4 aromatic rings. The van der Waals surface area contributed by atoms with E-state index in [0.29, 0.717) is 81.4 Å². The van der Waals surface area contributed by atoms with Gasteiger partial charge in [-0.1, -0.05) is 0 Å². The van der Waals surface area contributed by atoms with Crippen molar-refractivity contribution in [1.82, 2.24) is 24.4 Å². The van der Waals surface area contributed by atoms with Crippen LogP contribution >= 0.6 is 0 Å². The maximum Gasteiger partial charge on any atom is 0.246 e. The van der Waals surface area contributed by atoms with E-state index in [2.05, 4.69) is 24.8 Å². The summed E-state index contributed by atoms with van der Waals surface area (Å²) >= 11 is 0. The summed E-state index contributed by atoms with van der Waals surface area (Å²) in [5, 5.41) is 0.611. The first-order valence-electron chi connectivity index (χ1n) is 13.7. The van der Waals surface area contributed by atoms with E-state index in [1.54, 1.807) is 35.4 Å². The molecule has 0 aliphatic carbocycles. The maximum absolute atomic E-state index is 14.4. The highest BCUT2D eigenvalue weighted by atomic mass is 32.2. The van der Waals surface area contributed by atoms with Crippen molar-refractivity contribution >= 4 is 38.4 Å². The normalized spacial score (nSPS) is 17.3. The van der Waals surface area contributed by atoms with E-state index >= 15 is 0 Å². The summed E-state index contributed by atoms with van der Waals surface area (Å²) in [6, 6.07) is 10.4. The average molecular weight is 578 g/mol. The highest BCUT2D eigenvalue weighted by molar-refractivity contribution is 7.91. The second-order valence-corrected chi connectivity index (χ2v) is 13.0. The molecule has 2 aliphatic heterocycles. The number of aromatic nitrogens is 4. The molecule has 2 saturated heterocycles. The average Bonchev–Trinajstić information content (AvgIpc) is 3.42. The van der Waals surface area contributed by atoms with Crippen LogP contribution in [0, 0.1) is 5.82 Å². The van der Waals surface area contributed by atoms with Crippen LogP contribution in [0.25, 0.3) is 22.2 Å². The van der Waals surface area contributed by atoms with Crippen molar-refractivity contribution < 1.29 is 17.6 Å². The number of carbonyl (C=O) groups is 1. The van der Waals surface area contributed by atoms with Gasteiger partial charge >= 0.3 is 0 Å². The fourth-order valence-electron chi connectivity index (χ4n) is 5.70. The molecule has 2 aliphatic rings. The minimum absolute atomic E-state index is 0.0209. The summed E-state index contributed by atoms with van der Waals surface area (Å²) < 4.78 is 39.7. The highest BCUT2D eigenvalue weighted by Gasteiger charge is 2.28. The van der Waals surface area contributed by atoms with Crippen LogP contribution in [0.5, 0.6) is 0 Å². The van der Waals surface area contributed by atoms with Crippen molar-refractivity contribution in [3.63, 3.8) is 0 Å². The van der Waals surface area contributed by atoms with Crippen molar-refractivity contribution in [3.8, 4) is 11.1 Å². The van der Waals surface area contributed by atoms with E-state index < -0.39 is 9.84 Å². The van der Waals surface area contributed by atoms with Crippen LogP contribution in [0.15, 0.2) is 61.2 Å². The summed E-state index contributed by atoms with van der Waals surface area (Å²) in [6.45, 7) is 4.19. The second kappa shape index (κ2) is 11.2. The lowest BCUT2D eigenvalue weighted by Gasteiger charge is -2.36. The first-order valence-corrected chi connectivity index (χ1v) is 15.7. The van der Waals surface area contributed by atoms with Crippen LogP contribution in [0.2, 0.25) is 0 Å². The summed E-state index contributed by atoms with van der Waals surface area (Å²) in [7, 11) is -3.05. The van der Waals surface area contributed by atoms with E-state index in [9.17, 15) is 17.6 Å². The van der Waals surface area contributed by atoms with Gasteiger partial charge in [-0.2, -0.15) is 0 Å². The van der Waals surface area contributed by atoms with Crippen molar-refractivity contribution in [3.05, 3.63) is 67.0 Å². The third kappa shape index (κ3) is 5.80. The Balaban J connectivity index is 1.12. The molecule has 1 aromatic carbocycles. The van der Waals surface area contributed by atoms with Crippen LogP contribution in [0.1, 0.15) is 17.6 Å². The van der Waals surface area contributed by atoms with Gasteiger partial charge in [0.1, 0.15) is 21.3 Å². The topological polar surface area (TPSA) is 105 Å². The number of piperazine rings is 1. The molecule has 0 N–H and O–H groups in total. The Morgan fingerprint density at radius 2 is 1.68 bits per heavy atom. The Bertz CT molecular complexity index is 1660. The highest BCUT2D eigenvalue weighted by Crippen LogP contribution is 2.32. The van der Waals surface area contributed by atoms with Gasteiger partial charge in [0.2, 0.25) is 11.9 Å². The minimum Gasteiger partial charge on any atom is -0.368 e. The molecule has 0 radical (unpaired) electrons. The molecule has 2 fully saturated rings. The van der Waals surface area contributed by atoms with Crippen molar-refractivity contribution in [2.24, 2.45) is 0 Å². The monoisotopic (exact) mass is 577 g/mol. The van der Waals surface area contributed by atoms with Crippen LogP contribution in [0.3, 0.4) is 0 Å². The number of sulfone groups is 1. The molecule has 5 heterocycles. The van der Waals surface area contributed by atoms with Crippen LogP contribution in [0.4, 0.5) is 16.0 Å². The lowest BCUT2D eigenvalue weighted by atomic mass is 10.0. The van der Waals surface area contributed by atoms with Crippen molar-refractivity contribution in [1.29, 1.82) is 0 Å². The zero-order chi connectivity index (χ0) is 28.6. The Hall–Kier alpha value is -3.90. The zero-order valence-electron chi connectivity index (χ0n) is 22.9. The Labute approximate surface area is 238 Å². The summed E-state index contributed by atoms with van der Waals surface area (Å²) in [4.78, 5) is 32.8. The second-order valence-electron chi connectivity index (χ2n) is 10.7. The number of halogens is 1. The number of pyridine rings is 1. The molecule has 214 valence electrons. The van der Waals surface area contributed by atoms with E-state index in [-0.39, 0.29) is 17.0 Å². The largest absolute Gasteiger partial charge is 0.368 e. The Morgan fingerprint density at radius 3 is 2.39 bits per heavy atom. The molecule has 6 rings (SSSR count). The number of carbonyl (C=O) groups excluding carboxylic acids is 1. The van der Waals surface area contributed by atoms with Gasteiger partial charge in [-0.05, 0) is 49.2 Å². The van der Waals surface area contributed by atoms with E-state index in [4.69, 9.17) is 0 Å². The molecule has 0 atom stereocenters. The Morgan fingerprint density at radius 1 is 0.951 bits per heavy atom. The quantitative estimate of drug-likeness (QED) is 0.342. The number of nitrogens with zero attached hydrogens (tertiary/aromatic N) is 7. The number of piperidine rings is 1. The van der Waals surface area contributed by atoms with Crippen molar-refractivity contribution in [2.45, 2.75) is 18.1 Å². The third-order valence-corrected chi connectivity index (χ3v) is 9.71. The van der Waals surface area contributed by atoms with E-state index in [1.807, 2.05) is 23.1 Å². The first kappa shape index (κ1) is 27.3. The summed E-state index contributed by atoms with van der Waals surface area (Å²) in [6.07, 6.45) is 9.25. The van der Waals surface area contributed by atoms with Gasteiger partial charge < -0.3 is 9.80 Å². The number of hydrogen-bond donors (Lipinski definition) is 0. The lowest BCUT2D eigenvalue weighted by Crippen LogP contribution is -2.48. The van der Waals surface area contributed by atoms with E-state index in [0.717, 1.165) is 11.1 Å². The predicted molar refractivity (Wildman–Crippen MR) is 157 cm³/mol. The van der Waals surface area contributed by atoms with Crippen LogP contribution in [-0.4, -0.2) is 96.1 Å².